The molecule has 1 unspecified atom stereocenters. The molecular weight excluding hydrogens is 286 g/mol. The summed E-state index contributed by atoms with van der Waals surface area (Å²) in [6.07, 6.45) is 4.89. The quantitative estimate of drug-likeness (QED) is 0.734. The molecule has 23 heavy (non-hydrogen) atoms. The molecule has 0 aromatic heterocycles. The highest BCUT2D eigenvalue weighted by molar-refractivity contribution is 5.78. The van der Waals surface area contributed by atoms with Gasteiger partial charge in [0.15, 0.2) is 0 Å². The maximum absolute atomic E-state index is 13.3. The highest BCUT2D eigenvalue weighted by atomic mass is 16.6. The first-order valence-corrected chi connectivity index (χ1v) is 9.07. The van der Waals surface area contributed by atoms with Crippen molar-refractivity contribution in [3.63, 3.8) is 0 Å². The zero-order valence-electron chi connectivity index (χ0n) is 16.9. The number of esters is 1. The van der Waals surface area contributed by atoms with Crippen LogP contribution in [0.15, 0.2) is 0 Å². The van der Waals surface area contributed by atoms with Crippen molar-refractivity contribution in [2.75, 3.05) is 0 Å². The molecule has 0 radical (unpaired) electrons. The van der Waals surface area contributed by atoms with Crippen LogP contribution in [-0.2, 0) is 9.53 Å². The van der Waals surface area contributed by atoms with E-state index in [1.807, 2.05) is 20.8 Å². The Hall–Kier alpha value is -0.570. The van der Waals surface area contributed by atoms with Crippen LogP contribution in [0.5, 0.6) is 0 Å². The average molecular weight is 326 g/mol. The summed E-state index contributed by atoms with van der Waals surface area (Å²) in [7, 11) is 0. The first kappa shape index (κ1) is 20.5. The molecule has 0 saturated heterocycles. The normalized spacial score (nSPS) is 21.8. The Morgan fingerprint density at radius 1 is 0.957 bits per heavy atom. The predicted molar refractivity (Wildman–Crippen MR) is 97.2 cm³/mol. The molecule has 1 rings (SSSR count). The molecule has 3 nitrogen and oxygen atoms in total. The van der Waals surface area contributed by atoms with Gasteiger partial charge in [0.05, 0.1) is 5.41 Å². The van der Waals surface area contributed by atoms with E-state index in [2.05, 4.69) is 41.5 Å². The topological polar surface area (TPSA) is 52.3 Å². The fourth-order valence-electron chi connectivity index (χ4n) is 3.87. The molecule has 0 aliphatic heterocycles. The second-order valence-electron chi connectivity index (χ2n) is 10.6. The lowest BCUT2D eigenvalue weighted by atomic mass is 9.65. The van der Waals surface area contributed by atoms with Crippen molar-refractivity contribution in [3.8, 4) is 0 Å². The molecule has 136 valence electrons. The molecule has 0 heterocycles. The van der Waals surface area contributed by atoms with Gasteiger partial charge in [-0.05, 0) is 58.3 Å². The number of nitrogens with two attached hydrogens (primary N) is 1. The number of ether oxygens (including phenoxy) is 1. The Bertz CT molecular complexity index is 428. The standard InChI is InChI=1S/C20H39NO2/c1-16(2,3)14-19(9,18(7,8)21)15(22)23-20(17(4,5)6)12-10-11-13-20/h10-14,21H2,1-9H3. The summed E-state index contributed by atoms with van der Waals surface area (Å²) in [6.45, 7) is 18.9. The summed E-state index contributed by atoms with van der Waals surface area (Å²) in [5.74, 6) is -0.128. The van der Waals surface area contributed by atoms with Crippen molar-refractivity contribution < 1.29 is 9.53 Å². The van der Waals surface area contributed by atoms with E-state index in [1.54, 1.807) is 0 Å². The van der Waals surface area contributed by atoms with E-state index >= 15 is 0 Å². The third-order valence-corrected chi connectivity index (χ3v) is 5.82. The smallest absolute Gasteiger partial charge is 0.314 e. The molecule has 0 spiro atoms. The number of carbonyl (C=O) groups excluding carboxylic acids is 1. The maximum Gasteiger partial charge on any atom is 0.314 e. The molecule has 0 aromatic carbocycles. The van der Waals surface area contributed by atoms with Crippen LogP contribution < -0.4 is 5.73 Å². The molecule has 1 atom stereocenters. The zero-order valence-corrected chi connectivity index (χ0v) is 16.9. The van der Waals surface area contributed by atoms with Crippen molar-refractivity contribution >= 4 is 5.97 Å². The van der Waals surface area contributed by atoms with Crippen LogP contribution in [0.1, 0.15) is 94.4 Å². The molecular formula is C20H39NO2. The van der Waals surface area contributed by atoms with Gasteiger partial charge in [-0.2, -0.15) is 0 Å². The lowest BCUT2D eigenvalue weighted by Gasteiger charge is -2.48. The van der Waals surface area contributed by atoms with E-state index < -0.39 is 11.0 Å². The van der Waals surface area contributed by atoms with Crippen molar-refractivity contribution in [2.45, 2.75) is 106 Å². The first-order chi connectivity index (χ1) is 10.0. The molecule has 1 saturated carbocycles. The average Bonchev–Trinajstić information content (AvgIpc) is 2.73. The lowest BCUT2D eigenvalue weighted by Crippen LogP contribution is -2.58. The van der Waals surface area contributed by atoms with Gasteiger partial charge in [0.2, 0.25) is 0 Å². The van der Waals surface area contributed by atoms with Gasteiger partial charge < -0.3 is 10.5 Å². The van der Waals surface area contributed by atoms with Gasteiger partial charge in [-0.15, -0.1) is 0 Å². The van der Waals surface area contributed by atoms with E-state index in [9.17, 15) is 4.79 Å². The number of rotatable bonds is 4. The van der Waals surface area contributed by atoms with E-state index in [0.717, 1.165) is 25.7 Å². The van der Waals surface area contributed by atoms with E-state index in [0.29, 0.717) is 6.42 Å². The van der Waals surface area contributed by atoms with Crippen LogP contribution in [0, 0.1) is 16.2 Å². The molecule has 3 heteroatoms. The van der Waals surface area contributed by atoms with Gasteiger partial charge >= 0.3 is 5.97 Å². The van der Waals surface area contributed by atoms with E-state index in [-0.39, 0.29) is 22.4 Å². The number of hydrogen-bond acceptors (Lipinski definition) is 3. The van der Waals surface area contributed by atoms with Crippen LogP contribution in [0.4, 0.5) is 0 Å². The van der Waals surface area contributed by atoms with Gasteiger partial charge in [0.1, 0.15) is 5.60 Å². The van der Waals surface area contributed by atoms with Crippen LogP contribution >= 0.6 is 0 Å². The summed E-state index contributed by atoms with van der Waals surface area (Å²) in [5.41, 5.74) is 4.72. The third kappa shape index (κ3) is 4.29. The Morgan fingerprint density at radius 2 is 1.39 bits per heavy atom. The predicted octanol–water partition coefficient (Wildman–Crippen LogP) is 5.07. The summed E-state index contributed by atoms with van der Waals surface area (Å²) in [6, 6.07) is 0. The minimum atomic E-state index is -0.702. The highest BCUT2D eigenvalue weighted by Gasteiger charge is 2.54. The van der Waals surface area contributed by atoms with Gasteiger partial charge in [-0.3, -0.25) is 4.79 Å². The number of hydrogen-bond donors (Lipinski definition) is 1. The van der Waals surface area contributed by atoms with Crippen LogP contribution in [0.2, 0.25) is 0 Å². The van der Waals surface area contributed by atoms with Crippen molar-refractivity contribution in [3.05, 3.63) is 0 Å². The second-order valence-corrected chi connectivity index (χ2v) is 10.6. The van der Waals surface area contributed by atoms with Crippen molar-refractivity contribution in [1.29, 1.82) is 0 Å². The summed E-state index contributed by atoms with van der Waals surface area (Å²) in [4.78, 5) is 13.3. The molecule has 2 N–H and O–H groups in total. The summed E-state index contributed by atoms with van der Waals surface area (Å²) >= 11 is 0. The number of carbonyl (C=O) groups is 1. The fourth-order valence-corrected chi connectivity index (χ4v) is 3.87. The molecule has 0 amide bonds. The molecule has 1 aliphatic carbocycles. The van der Waals surface area contributed by atoms with Crippen LogP contribution in [-0.4, -0.2) is 17.1 Å². The second kappa shape index (κ2) is 6.06. The molecule has 0 bridgehead atoms. The summed E-state index contributed by atoms with van der Waals surface area (Å²) in [5, 5.41) is 0. The van der Waals surface area contributed by atoms with Crippen LogP contribution in [0.25, 0.3) is 0 Å². The zero-order chi connectivity index (χ0) is 18.3. The van der Waals surface area contributed by atoms with E-state index in [4.69, 9.17) is 10.5 Å². The van der Waals surface area contributed by atoms with Crippen molar-refractivity contribution in [1.82, 2.24) is 0 Å². The Kier molecular flexibility index (Phi) is 5.39. The fraction of sp³-hybridized carbons (Fsp3) is 0.950. The SMILES string of the molecule is CC(C)(C)CC(C)(C(=O)OC1(C(C)(C)C)CCCC1)C(C)(C)N. The van der Waals surface area contributed by atoms with E-state index in [1.165, 1.54) is 0 Å². The van der Waals surface area contributed by atoms with Gasteiger partial charge in [0, 0.05) is 11.0 Å². The largest absolute Gasteiger partial charge is 0.458 e. The minimum absolute atomic E-state index is 0.00891. The van der Waals surface area contributed by atoms with Crippen molar-refractivity contribution in [2.24, 2.45) is 22.0 Å². The molecule has 1 aliphatic rings. The summed E-state index contributed by atoms with van der Waals surface area (Å²) < 4.78 is 6.28. The first-order valence-electron chi connectivity index (χ1n) is 9.07. The maximum atomic E-state index is 13.3. The minimum Gasteiger partial charge on any atom is -0.458 e. The monoisotopic (exact) mass is 325 g/mol. The molecule has 1 fully saturated rings. The lowest BCUT2D eigenvalue weighted by molar-refractivity contribution is -0.189. The highest BCUT2D eigenvalue weighted by Crippen LogP contribution is 2.49. The Labute approximate surface area is 143 Å². The third-order valence-electron chi connectivity index (χ3n) is 5.82. The van der Waals surface area contributed by atoms with Gasteiger partial charge in [0.25, 0.3) is 0 Å². The van der Waals surface area contributed by atoms with Crippen LogP contribution in [0.3, 0.4) is 0 Å². The van der Waals surface area contributed by atoms with Gasteiger partial charge in [-0.25, -0.2) is 0 Å². The van der Waals surface area contributed by atoms with Gasteiger partial charge in [-0.1, -0.05) is 41.5 Å². The Morgan fingerprint density at radius 3 is 1.70 bits per heavy atom. The molecule has 0 aromatic rings. The Balaban J connectivity index is 3.16.